The van der Waals surface area contributed by atoms with Crippen LogP contribution in [-0.4, -0.2) is 58.5 Å². The first-order valence-electron chi connectivity index (χ1n) is 11.1. The summed E-state index contributed by atoms with van der Waals surface area (Å²) < 4.78 is 19.1. The highest BCUT2D eigenvalue weighted by Gasteiger charge is 2.22. The van der Waals surface area contributed by atoms with Gasteiger partial charge in [0.15, 0.2) is 0 Å². The van der Waals surface area contributed by atoms with E-state index in [4.69, 9.17) is 4.74 Å². The minimum Gasteiger partial charge on any atom is -0.495 e. The van der Waals surface area contributed by atoms with Gasteiger partial charge in [-0.25, -0.2) is 9.37 Å². The van der Waals surface area contributed by atoms with Gasteiger partial charge in [-0.3, -0.25) is 9.78 Å². The molecule has 8 nitrogen and oxygen atoms in total. The lowest BCUT2D eigenvalue weighted by Crippen LogP contribution is -2.51. The summed E-state index contributed by atoms with van der Waals surface area (Å²) in [6.45, 7) is 4.19. The van der Waals surface area contributed by atoms with Gasteiger partial charge in [0.1, 0.15) is 23.1 Å². The summed E-state index contributed by atoms with van der Waals surface area (Å²) >= 11 is 0. The molecule has 34 heavy (non-hydrogen) atoms. The summed E-state index contributed by atoms with van der Waals surface area (Å²) in [5.74, 6) is 0.730. The molecule has 1 atom stereocenters. The van der Waals surface area contributed by atoms with Crippen LogP contribution in [0.15, 0.2) is 54.9 Å². The van der Waals surface area contributed by atoms with Gasteiger partial charge in [-0.15, -0.1) is 0 Å². The van der Waals surface area contributed by atoms with Crippen molar-refractivity contribution >= 4 is 28.3 Å². The molecule has 9 heteroatoms. The van der Waals surface area contributed by atoms with Gasteiger partial charge in [0.05, 0.1) is 30.9 Å². The van der Waals surface area contributed by atoms with Crippen LogP contribution in [-0.2, 0) is 0 Å². The Balaban J connectivity index is 1.38. The van der Waals surface area contributed by atoms with E-state index in [9.17, 15) is 9.18 Å². The zero-order valence-electron chi connectivity index (χ0n) is 18.9. The Labute approximate surface area is 196 Å². The number of carbonyl (C=O) groups is 1. The standard InChI is InChI=1S/C25H25FN6O2/c1-15-14-32(8-7-28-15)25(33)16-3-5-20(23(11-16)34-2)30-24-13-27-12-22(31-24)21-10-17-9-18(26)4-6-19(17)29-21/h3-6,9-13,15,28-29H,7-8,14H2,1-2H3,(H,30,31)/t15-/m1/s1. The third kappa shape index (κ3) is 4.42. The summed E-state index contributed by atoms with van der Waals surface area (Å²) in [5.41, 5.74) is 3.40. The van der Waals surface area contributed by atoms with Crippen LogP contribution in [0.25, 0.3) is 22.3 Å². The summed E-state index contributed by atoms with van der Waals surface area (Å²) in [7, 11) is 1.56. The number of anilines is 2. The number of aromatic amines is 1. The molecule has 0 saturated carbocycles. The number of halogens is 1. The van der Waals surface area contributed by atoms with E-state index in [-0.39, 0.29) is 17.8 Å². The monoisotopic (exact) mass is 460 g/mol. The minimum atomic E-state index is -0.292. The first kappa shape index (κ1) is 21.8. The van der Waals surface area contributed by atoms with Crippen LogP contribution < -0.4 is 15.4 Å². The largest absolute Gasteiger partial charge is 0.495 e. The molecule has 4 aromatic rings. The molecular formula is C25H25FN6O2. The van der Waals surface area contributed by atoms with Crippen molar-refractivity contribution < 1.29 is 13.9 Å². The second-order valence-corrected chi connectivity index (χ2v) is 8.35. The summed E-state index contributed by atoms with van der Waals surface area (Å²) in [4.78, 5) is 27.0. The van der Waals surface area contributed by atoms with Gasteiger partial charge in [-0.05, 0) is 49.4 Å². The molecule has 3 N–H and O–H groups in total. The van der Waals surface area contributed by atoms with Crippen molar-refractivity contribution in [1.82, 2.24) is 25.2 Å². The highest BCUT2D eigenvalue weighted by atomic mass is 19.1. The van der Waals surface area contributed by atoms with Crippen molar-refractivity contribution in [2.24, 2.45) is 0 Å². The molecule has 0 spiro atoms. The quantitative estimate of drug-likeness (QED) is 0.418. The predicted octanol–water partition coefficient (Wildman–Crippen LogP) is 3.95. The van der Waals surface area contributed by atoms with Crippen molar-refractivity contribution in [3.8, 4) is 17.1 Å². The number of hydrogen-bond donors (Lipinski definition) is 3. The maximum atomic E-state index is 13.5. The molecule has 3 heterocycles. The van der Waals surface area contributed by atoms with Gasteiger partial charge in [-0.2, -0.15) is 0 Å². The molecule has 0 bridgehead atoms. The lowest BCUT2D eigenvalue weighted by atomic mass is 10.1. The van der Waals surface area contributed by atoms with Crippen LogP contribution >= 0.6 is 0 Å². The Hall–Kier alpha value is -3.98. The second kappa shape index (κ2) is 9.11. The third-order valence-electron chi connectivity index (χ3n) is 5.86. The number of ether oxygens (including phenoxy) is 1. The van der Waals surface area contributed by atoms with Crippen LogP contribution in [0.4, 0.5) is 15.9 Å². The van der Waals surface area contributed by atoms with Crippen molar-refractivity contribution in [1.29, 1.82) is 0 Å². The highest BCUT2D eigenvalue weighted by molar-refractivity contribution is 5.95. The average Bonchev–Trinajstić information content (AvgIpc) is 3.27. The van der Waals surface area contributed by atoms with E-state index in [0.717, 1.165) is 23.1 Å². The highest BCUT2D eigenvalue weighted by Crippen LogP contribution is 2.30. The first-order valence-corrected chi connectivity index (χ1v) is 11.1. The fraction of sp³-hybridized carbons (Fsp3) is 0.240. The van der Waals surface area contributed by atoms with Crippen molar-refractivity contribution in [2.75, 3.05) is 32.1 Å². The topological polar surface area (TPSA) is 95.2 Å². The molecule has 0 radical (unpaired) electrons. The number of aromatic nitrogens is 3. The summed E-state index contributed by atoms with van der Waals surface area (Å²) in [5, 5.41) is 7.33. The number of hydrogen-bond acceptors (Lipinski definition) is 6. The fourth-order valence-corrected chi connectivity index (χ4v) is 4.16. The first-order chi connectivity index (χ1) is 16.5. The molecule has 1 fully saturated rings. The molecule has 1 aliphatic heterocycles. The van der Waals surface area contributed by atoms with Crippen molar-refractivity contribution in [2.45, 2.75) is 13.0 Å². The average molecular weight is 461 g/mol. The number of benzene rings is 2. The van der Waals surface area contributed by atoms with Crippen LogP contribution in [0, 0.1) is 5.82 Å². The van der Waals surface area contributed by atoms with Gasteiger partial charge in [0.25, 0.3) is 5.91 Å². The second-order valence-electron chi connectivity index (χ2n) is 8.35. The van der Waals surface area contributed by atoms with E-state index in [1.54, 1.807) is 43.8 Å². The molecule has 1 aliphatic rings. The predicted molar refractivity (Wildman–Crippen MR) is 129 cm³/mol. The maximum absolute atomic E-state index is 13.5. The van der Waals surface area contributed by atoms with E-state index in [1.807, 2.05) is 11.0 Å². The number of nitrogens with zero attached hydrogens (tertiary/aromatic N) is 3. The molecule has 1 saturated heterocycles. The molecule has 0 unspecified atom stereocenters. The summed E-state index contributed by atoms with van der Waals surface area (Å²) in [6.07, 6.45) is 3.24. The van der Waals surface area contributed by atoms with E-state index in [2.05, 4.69) is 32.5 Å². The smallest absolute Gasteiger partial charge is 0.254 e. The molecular weight excluding hydrogens is 435 g/mol. The van der Waals surface area contributed by atoms with Crippen LogP contribution in [0.2, 0.25) is 0 Å². The van der Waals surface area contributed by atoms with Gasteiger partial charge in [0.2, 0.25) is 0 Å². The van der Waals surface area contributed by atoms with E-state index in [1.165, 1.54) is 12.1 Å². The van der Waals surface area contributed by atoms with Gasteiger partial charge >= 0.3 is 0 Å². The van der Waals surface area contributed by atoms with E-state index in [0.29, 0.717) is 41.6 Å². The number of fused-ring (bicyclic) bond motifs is 1. The Morgan fingerprint density at radius 1 is 1.21 bits per heavy atom. The number of H-pyrrole nitrogens is 1. The maximum Gasteiger partial charge on any atom is 0.254 e. The van der Waals surface area contributed by atoms with Crippen LogP contribution in [0.5, 0.6) is 5.75 Å². The molecule has 0 aliphatic carbocycles. The van der Waals surface area contributed by atoms with Gasteiger partial charge < -0.3 is 25.3 Å². The Kier molecular flexibility index (Phi) is 5.85. The molecule has 2 aromatic carbocycles. The normalized spacial score (nSPS) is 16.0. The van der Waals surface area contributed by atoms with Crippen molar-refractivity contribution in [3.05, 3.63) is 66.2 Å². The van der Waals surface area contributed by atoms with Gasteiger partial charge in [0, 0.05) is 42.1 Å². The molecule has 1 amide bonds. The van der Waals surface area contributed by atoms with Crippen molar-refractivity contribution in [3.63, 3.8) is 0 Å². The van der Waals surface area contributed by atoms with Crippen LogP contribution in [0.1, 0.15) is 17.3 Å². The zero-order chi connectivity index (χ0) is 23.7. The van der Waals surface area contributed by atoms with Crippen LogP contribution in [0.3, 0.4) is 0 Å². The van der Waals surface area contributed by atoms with Gasteiger partial charge in [-0.1, -0.05) is 0 Å². The Bertz CT molecular complexity index is 1350. The number of piperazine rings is 1. The molecule has 5 rings (SSSR count). The lowest BCUT2D eigenvalue weighted by Gasteiger charge is -2.32. The molecule has 2 aromatic heterocycles. The number of rotatable bonds is 5. The SMILES string of the molecule is COc1cc(C(=O)N2CCN[C@H](C)C2)ccc1Nc1cncc(-c2cc3cc(F)ccc3[nH]2)n1. The number of nitrogens with one attached hydrogen (secondary N) is 3. The Morgan fingerprint density at radius 3 is 2.91 bits per heavy atom. The summed E-state index contributed by atoms with van der Waals surface area (Å²) in [6, 6.07) is 12.0. The number of carbonyl (C=O) groups excluding carboxylic acids is 1. The van der Waals surface area contributed by atoms with E-state index >= 15 is 0 Å². The third-order valence-corrected chi connectivity index (χ3v) is 5.86. The Morgan fingerprint density at radius 2 is 2.09 bits per heavy atom. The lowest BCUT2D eigenvalue weighted by molar-refractivity contribution is 0.0709. The fourth-order valence-electron chi connectivity index (χ4n) is 4.16. The number of amides is 1. The zero-order valence-corrected chi connectivity index (χ0v) is 18.9. The van der Waals surface area contributed by atoms with E-state index < -0.39 is 0 Å². The molecule has 174 valence electrons. The minimum absolute atomic E-state index is 0.0183. The number of methoxy groups -OCH3 is 1.